The molecule has 0 amide bonds. The Morgan fingerprint density at radius 3 is 2.96 bits per heavy atom. The van der Waals surface area contributed by atoms with Crippen LogP contribution in [0, 0.1) is 0 Å². The Kier molecular flexibility index (Phi) is 7.06. The number of aromatic nitrogens is 1. The van der Waals surface area contributed by atoms with E-state index in [-0.39, 0.29) is 6.67 Å². The highest BCUT2D eigenvalue weighted by atomic mass is 32.1. The Hall–Kier alpha value is -2.77. The lowest BCUT2D eigenvalue weighted by molar-refractivity contribution is 0.414. The fraction of sp³-hybridized carbons (Fsp3) is 0.167. The van der Waals surface area contributed by atoms with E-state index < -0.39 is 0 Å². The van der Waals surface area contributed by atoms with Crippen LogP contribution in [0.25, 0.3) is 11.8 Å². The first-order chi connectivity index (χ1) is 12.2. The molecule has 2 aromatic rings. The molecule has 0 saturated carbocycles. The lowest BCUT2D eigenvalue weighted by Crippen LogP contribution is -2.14. The summed E-state index contributed by atoms with van der Waals surface area (Å²) in [5.74, 6) is 0.783. The van der Waals surface area contributed by atoms with E-state index in [0.29, 0.717) is 5.70 Å². The molecule has 1 aromatic heterocycles. The molecule has 130 valence electrons. The largest absolute Gasteiger partial charge is 0.497 e. The van der Waals surface area contributed by atoms with Gasteiger partial charge < -0.3 is 10.5 Å². The van der Waals surface area contributed by atoms with Crippen molar-refractivity contribution >= 4 is 36.0 Å². The smallest absolute Gasteiger partial charge is 0.189 e. The number of nitrogens with zero attached hydrogens (tertiary/aromatic N) is 4. The van der Waals surface area contributed by atoms with Crippen LogP contribution >= 0.6 is 11.3 Å². The minimum Gasteiger partial charge on any atom is -0.497 e. The molecule has 0 saturated heterocycles. The summed E-state index contributed by atoms with van der Waals surface area (Å²) in [5.41, 5.74) is 7.87. The molecule has 0 atom stereocenters. The number of ether oxygens (including phenoxy) is 1. The third-order valence-electron chi connectivity index (χ3n) is 3.31. The van der Waals surface area contributed by atoms with Crippen molar-refractivity contribution in [2.45, 2.75) is 0 Å². The van der Waals surface area contributed by atoms with Crippen molar-refractivity contribution in [3.63, 3.8) is 0 Å². The van der Waals surface area contributed by atoms with Gasteiger partial charge in [0.05, 0.1) is 25.2 Å². The van der Waals surface area contributed by atoms with Crippen LogP contribution in [-0.4, -0.2) is 38.3 Å². The summed E-state index contributed by atoms with van der Waals surface area (Å²) in [6.45, 7) is 3.90. The van der Waals surface area contributed by atoms with Crippen LogP contribution < -0.4 is 15.3 Å². The number of allylic oxidation sites excluding steroid dienone is 2. The average Bonchev–Trinajstić information content (AvgIpc) is 3.12. The van der Waals surface area contributed by atoms with Crippen LogP contribution in [0.15, 0.2) is 62.6 Å². The highest BCUT2D eigenvalue weighted by Crippen LogP contribution is 2.22. The van der Waals surface area contributed by atoms with Gasteiger partial charge in [-0.2, -0.15) is 0 Å². The lowest BCUT2D eigenvalue weighted by Gasteiger charge is -2.10. The lowest BCUT2D eigenvalue weighted by atomic mass is 10.1. The summed E-state index contributed by atoms with van der Waals surface area (Å²) in [4.78, 5) is 13.3. The van der Waals surface area contributed by atoms with Crippen LogP contribution in [0.1, 0.15) is 5.56 Å². The molecule has 0 radical (unpaired) electrons. The number of methoxy groups -OCH3 is 1. The third kappa shape index (κ3) is 4.85. The van der Waals surface area contributed by atoms with Gasteiger partial charge in [0.1, 0.15) is 5.75 Å². The SMILES string of the molecule is C=NC(=C\C=N/CN)/C(=C\c1cccc(OC)c1)n1ccsc1=NC. The Morgan fingerprint density at radius 2 is 2.28 bits per heavy atom. The van der Waals surface area contributed by atoms with Gasteiger partial charge in [-0.25, -0.2) is 0 Å². The summed E-state index contributed by atoms with van der Waals surface area (Å²) in [6.07, 6.45) is 7.34. The van der Waals surface area contributed by atoms with E-state index in [1.807, 2.05) is 46.5 Å². The van der Waals surface area contributed by atoms with Crippen molar-refractivity contribution in [3.8, 4) is 5.75 Å². The first-order valence-corrected chi connectivity index (χ1v) is 8.43. The van der Waals surface area contributed by atoms with Crippen LogP contribution in [-0.2, 0) is 0 Å². The quantitative estimate of drug-likeness (QED) is 0.612. The normalized spacial score (nSPS) is 13.5. The highest BCUT2D eigenvalue weighted by molar-refractivity contribution is 7.07. The molecule has 0 fully saturated rings. The minimum absolute atomic E-state index is 0.219. The number of hydrogen-bond donors (Lipinski definition) is 1. The van der Waals surface area contributed by atoms with Crippen molar-refractivity contribution in [2.75, 3.05) is 20.8 Å². The molecule has 2 rings (SSSR count). The molecule has 0 aliphatic rings. The van der Waals surface area contributed by atoms with Crippen molar-refractivity contribution in [3.05, 3.63) is 58.0 Å². The van der Waals surface area contributed by atoms with Gasteiger partial charge in [0.15, 0.2) is 4.80 Å². The molecular formula is C18H21N5OS. The standard InChI is InChI=1S/C18H21N5OS/c1-20-16(7-8-22-13-19)17(23-9-10-25-18(23)21-2)12-14-5-4-6-15(11-14)24-3/h4-12H,1,13,19H2,2-3H3/b16-7-,17-12+,21-18?,22-8-. The van der Waals surface area contributed by atoms with Gasteiger partial charge in [-0.15, -0.1) is 11.3 Å². The van der Waals surface area contributed by atoms with E-state index in [4.69, 9.17) is 10.5 Å². The van der Waals surface area contributed by atoms with Gasteiger partial charge in [0.25, 0.3) is 0 Å². The van der Waals surface area contributed by atoms with E-state index in [0.717, 1.165) is 21.8 Å². The molecule has 0 unspecified atom stereocenters. The Morgan fingerprint density at radius 1 is 1.44 bits per heavy atom. The second-order valence-electron chi connectivity index (χ2n) is 4.81. The summed E-state index contributed by atoms with van der Waals surface area (Å²) in [7, 11) is 3.40. The molecule has 0 bridgehead atoms. The van der Waals surface area contributed by atoms with Gasteiger partial charge in [-0.1, -0.05) is 12.1 Å². The molecule has 1 heterocycles. The molecule has 1 aromatic carbocycles. The van der Waals surface area contributed by atoms with Crippen LogP contribution in [0.5, 0.6) is 5.75 Å². The number of nitrogens with two attached hydrogens (primary N) is 1. The maximum atomic E-state index is 5.41. The number of hydrogen-bond acceptors (Lipinski definition) is 6. The maximum Gasteiger partial charge on any atom is 0.189 e. The molecule has 25 heavy (non-hydrogen) atoms. The summed E-state index contributed by atoms with van der Waals surface area (Å²) >= 11 is 1.54. The van der Waals surface area contributed by atoms with Crippen LogP contribution in [0.3, 0.4) is 0 Å². The third-order valence-corrected chi connectivity index (χ3v) is 4.16. The van der Waals surface area contributed by atoms with Crippen molar-refractivity contribution < 1.29 is 4.74 Å². The van der Waals surface area contributed by atoms with E-state index in [1.54, 1.807) is 37.8 Å². The molecule has 0 spiro atoms. The Labute approximate surface area is 151 Å². The molecule has 7 heteroatoms. The second-order valence-corrected chi connectivity index (χ2v) is 5.68. The molecule has 0 aliphatic carbocycles. The van der Waals surface area contributed by atoms with E-state index >= 15 is 0 Å². The van der Waals surface area contributed by atoms with Gasteiger partial charge in [-0.3, -0.25) is 19.5 Å². The Bertz CT molecular complexity index is 873. The van der Waals surface area contributed by atoms with Gasteiger partial charge in [-0.05, 0) is 36.6 Å². The zero-order valence-corrected chi connectivity index (χ0v) is 15.1. The molecule has 2 N–H and O–H groups in total. The predicted octanol–water partition coefficient (Wildman–Crippen LogP) is 2.66. The zero-order chi connectivity index (χ0) is 18.1. The van der Waals surface area contributed by atoms with E-state index in [2.05, 4.69) is 21.7 Å². The van der Waals surface area contributed by atoms with Crippen molar-refractivity contribution in [2.24, 2.45) is 20.7 Å². The average molecular weight is 355 g/mol. The van der Waals surface area contributed by atoms with Gasteiger partial charge >= 0.3 is 0 Å². The van der Waals surface area contributed by atoms with Crippen LogP contribution in [0.2, 0.25) is 0 Å². The van der Waals surface area contributed by atoms with E-state index in [1.165, 1.54) is 0 Å². The zero-order valence-electron chi connectivity index (χ0n) is 14.3. The van der Waals surface area contributed by atoms with Crippen molar-refractivity contribution in [1.82, 2.24) is 4.57 Å². The fourth-order valence-electron chi connectivity index (χ4n) is 2.18. The number of benzene rings is 1. The second kappa shape index (κ2) is 9.51. The van der Waals surface area contributed by atoms with E-state index in [9.17, 15) is 0 Å². The highest BCUT2D eigenvalue weighted by Gasteiger charge is 2.08. The Balaban J connectivity index is 2.63. The number of thiazole rings is 1. The first-order valence-electron chi connectivity index (χ1n) is 7.56. The predicted molar refractivity (Wildman–Crippen MR) is 106 cm³/mol. The minimum atomic E-state index is 0.219. The van der Waals surface area contributed by atoms with Crippen LogP contribution in [0.4, 0.5) is 0 Å². The summed E-state index contributed by atoms with van der Waals surface area (Å²) < 4.78 is 7.26. The van der Waals surface area contributed by atoms with Crippen molar-refractivity contribution in [1.29, 1.82) is 0 Å². The topological polar surface area (TPSA) is 77.3 Å². The molecule has 0 aliphatic heterocycles. The molecular weight excluding hydrogens is 334 g/mol. The monoisotopic (exact) mass is 355 g/mol. The van der Waals surface area contributed by atoms with Gasteiger partial charge in [0.2, 0.25) is 0 Å². The number of rotatable bonds is 7. The first kappa shape index (κ1) is 18.6. The molecule has 6 nitrogen and oxygen atoms in total. The fourth-order valence-corrected chi connectivity index (χ4v) is 2.86. The summed E-state index contributed by atoms with van der Waals surface area (Å²) in [6, 6.07) is 7.78. The summed E-state index contributed by atoms with van der Waals surface area (Å²) in [5, 5.41) is 1.97. The maximum absolute atomic E-state index is 5.41. The van der Waals surface area contributed by atoms with Gasteiger partial charge in [0, 0.05) is 24.8 Å². The number of aliphatic imine (C=N–C) groups is 2.